The second-order valence-electron chi connectivity index (χ2n) is 6.11. The molecule has 2 N–H and O–H groups in total. The summed E-state index contributed by atoms with van der Waals surface area (Å²) in [6.07, 6.45) is 5.21. The molecule has 6 nitrogen and oxygen atoms in total. The molecule has 1 aromatic heterocycles. The van der Waals surface area contributed by atoms with Gasteiger partial charge in [-0.3, -0.25) is 5.32 Å². The van der Waals surface area contributed by atoms with Crippen LogP contribution in [-0.4, -0.2) is 22.4 Å². The minimum atomic E-state index is -0.226. The van der Waals surface area contributed by atoms with Crippen molar-refractivity contribution in [3.8, 4) is 0 Å². The fourth-order valence-electron chi connectivity index (χ4n) is 3.15. The number of aromatic nitrogens is 2. The average molecular weight is 312 g/mol. The Bertz CT molecular complexity index is 708. The van der Waals surface area contributed by atoms with Crippen LogP contribution >= 0.6 is 0 Å². The zero-order chi connectivity index (χ0) is 15.6. The lowest BCUT2D eigenvalue weighted by atomic mass is 9.93. The number of nitrogens with zero attached hydrogens (tertiary/aromatic N) is 2. The Hall–Kier alpha value is -2.34. The minimum Gasteiger partial charge on any atom is -0.374 e. The number of carbonyl (C=O) groups excluding carboxylic acids is 1. The molecule has 2 aromatic rings. The van der Waals surface area contributed by atoms with Crippen molar-refractivity contribution in [2.75, 3.05) is 11.9 Å². The zero-order valence-corrected chi connectivity index (χ0v) is 12.9. The normalized spacial score (nSPS) is 20.4. The second kappa shape index (κ2) is 6.04. The molecular weight excluding hydrogens is 292 g/mol. The summed E-state index contributed by atoms with van der Waals surface area (Å²) < 4.78 is 7.48. The van der Waals surface area contributed by atoms with Gasteiger partial charge in [0.2, 0.25) is 0 Å². The fraction of sp³-hybridized carbons (Fsp3) is 0.412. The number of rotatable bonds is 3. The first-order chi connectivity index (χ1) is 11.3. The first-order valence-corrected chi connectivity index (χ1v) is 8.08. The van der Waals surface area contributed by atoms with E-state index < -0.39 is 0 Å². The summed E-state index contributed by atoms with van der Waals surface area (Å²) in [5, 5.41) is 10.2. The van der Waals surface area contributed by atoms with Crippen LogP contribution in [0, 0.1) is 0 Å². The van der Waals surface area contributed by atoms with Crippen LogP contribution in [0.5, 0.6) is 0 Å². The van der Waals surface area contributed by atoms with Crippen molar-refractivity contribution in [1.82, 2.24) is 15.1 Å². The van der Waals surface area contributed by atoms with Gasteiger partial charge in [-0.2, -0.15) is 5.10 Å². The van der Waals surface area contributed by atoms with E-state index in [1.165, 1.54) is 6.42 Å². The van der Waals surface area contributed by atoms with E-state index in [1.807, 2.05) is 35.0 Å². The highest BCUT2D eigenvalue weighted by Gasteiger charge is 2.25. The molecule has 2 heterocycles. The third-order valence-electron chi connectivity index (χ3n) is 4.61. The lowest BCUT2D eigenvalue weighted by molar-refractivity contribution is 0.0850. The predicted molar refractivity (Wildman–Crippen MR) is 86.1 cm³/mol. The Morgan fingerprint density at radius 3 is 2.96 bits per heavy atom. The molecule has 0 spiro atoms. The Morgan fingerprint density at radius 2 is 2.13 bits per heavy atom. The number of hydrogen-bond donors (Lipinski definition) is 2. The number of fused-ring (bicyclic) bond motifs is 1. The predicted octanol–water partition coefficient (Wildman–Crippen LogP) is 3.00. The van der Waals surface area contributed by atoms with Crippen LogP contribution in [0.15, 0.2) is 36.5 Å². The zero-order valence-electron chi connectivity index (χ0n) is 12.9. The van der Waals surface area contributed by atoms with Gasteiger partial charge in [0.05, 0.1) is 31.5 Å². The average Bonchev–Trinajstić information content (AvgIpc) is 2.94. The van der Waals surface area contributed by atoms with Crippen LogP contribution in [0.4, 0.5) is 10.6 Å². The Kier molecular flexibility index (Phi) is 3.75. The van der Waals surface area contributed by atoms with Gasteiger partial charge in [0.1, 0.15) is 5.82 Å². The highest BCUT2D eigenvalue weighted by molar-refractivity contribution is 5.88. The molecule has 2 amide bonds. The van der Waals surface area contributed by atoms with Crippen LogP contribution in [0.2, 0.25) is 0 Å². The standard InChI is InChI=1S/C17H20N4O2/c22-17(20-16-8-9-18-21(16)13-5-3-6-13)19-15-11-23-10-12-4-1-2-7-14(12)15/h1-2,4,7-9,13,15H,3,5-6,10-11H2,(H2,19,20,22). The number of urea groups is 1. The first-order valence-electron chi connectivity index (χ1n) is 8.08. The minimum absolute atomic E-state index is 0.125. The molecule has 0 bridgehead atoms. The smallest absolute Gasteiger partial charge is 0.320 e. The number of ether oxygens (including phenoxy) is 1. The summed E-state index contributed by atoms with van der Waals surface area (Å²) >= 11 is 0. The molecule has 1 unspecified atom stereocenters. The third kappa shape index (κ3) is 2.82. The molecule has 1 atom stereocenters. The molecule has 0 saturated heterocycles. The summed E-state index contributed by atoms with van der Waals surface area (Å²) in [4.78, 5) is 12.4. The van der Waals surface area contributed by atoms with Crippen molar-refractivity contribution in [2.24, 2.45) is 0 Å². The maximum Gasteiger partial charge on any atom is 0.320 e. The third-order valence-corrected chi connectivity index (χ3v) is 4.61. The van der Waals surface area contributed by atoms with Crippen molar-refractivity contribution in [2.45, 2.75) is 38.0 Å². The van der Waals surface area contributed by atoms with Gasteiger partial charge in [-0.15, -0.1) is 0 Å². The van der Waals surface area contributed by atoms with Crippen LogP contribution in [0.3, 0.4) is 0 Å². The first kappa shape index (κ1) is 14.3. The number of carbonyl (C=O) groups is 1. The lowest BCUT2D eigenvalue weighted by Crippen LogP contribution is -2.37. The highest BCUT2D eigenvalue weighted by atomic mass is 16.5. The van der Waals surface area contributed by atoms with Gasteiger partial charge >= 0.3 is 6.03 Å². The maximum absolute atomic E-state index is 12.4. The molecule has 120 valence electrons. The van der Waals surface area contributed by atoms with E-state index in [2.05, 4.69) is 15.7 Å². The van der Waals surface area contributed by atoms with Crippen molar-refractivity contribution >= 4 is 11.8 Å². The summed E-state index contributed by atoms with van der Waals surface area (Å²) in [5.41, 5.74) is 2.25. The number of benzene rings is 1. The van der Waals surface area contributed by atoms with E-state index in [4.69, 9.17) is 4.74 Å². The van der Waals surface area contributed by atoms with Gasteiger partial charge in [-0.25, -0.2) is 9.48 Å². The number of anilines is 1. The van der Waals surface area contributed by atoms with Gasteiger partial charge in [-0.05, 0) is 30.4 Å². The van der Waals surface area contributed by atoms with E-state index in [9.17, 15) is 4.79 Å². The van der Waals surface area contributed by atoms with E-state index >= 15 is 0 Å². The Labute approximate surface area is 134 Å². The molecule has 23 heavy (non-hydrogen) atoms. The van der Waals surface area contributed by atoms with E-state index in [-0.39, 0.29) is 12.1 Å². The van der Waals surface area contributed by atoms with Gasteiger partial charge in [-0.1, -0.05) is 24.3 Å². The molecule has 1 aromatic carbocycles. The van der Waals surface area contributed by atoms with Gasteiger partial charge < -0.3 is 10.1 Å². The molecule has 1 aliphatic carbocycles. The van der Waals surface area contributed by atoms with Crippen LogP contribution in [-0.2, 0) is 11.3 Å². The molecule has 2 aliphatic rings. The molecule has 4 rings (SSSR count). The molecule has 0 radical (unpaired) electrons. The molecule has 1 saturated carbocycles. The molecule has 1 aliphatic heterocycles. The number of amides is 2. The maximum atomic E-state index is 12.4. The van der Waals surface area contributed by atoms with Crippen molar-refractivity contribution in [1.29, 1.82) is 0 Å². The van der Waals surface area contributed by atoms with Crippen molar-refractivity contribution in [3.63, 3.8) is 0 Å². The monoisotopic (exact) mass is 312 g/mol. The Morgan fingerprint density at radius 1 is 1.26 bits per heavy atom. The van der Waals surface area contributed by atoms with E-state index in [0.717, 1.165) is 29.8 Å². The quantitative estimate of drug-likeness (QED) is 0.915. The van der Waals surface area contributed by atoms with Gasteiger partial charge in [0, 0.05) is 6.07 Å². The molecule has 6 heteroatoms. The lowest BCUT2D eigenvalue weighted by Gasteiger charge is -2.28. The van der Waals surface area contributed by atoms with Crippen LogP contribution in [0.1, 0.15) is 42.5 Å². The SMILES string of the molecule is O=C(Nc1ccnn1C1CCC1)NC1COCc2ccccc21. The summed E-state index contributed by atoms with van der Waals surface area (Å²) in [6.45, 7) is 1.09. The van der Waals surface area contributed by atoms with Crippen molar-refractivity contribution in [3.05, 3.63) is 47.7 Å². The van der Waals surface area contributed by atoms with Crippen LogP contribution in [0.25, 0.3) is 0 Å². The van der Waals surface area contributed by atoms with E-state index in [0.29, 0.717) is 19.3 Å². The number of nitrogens with one attached hydrogen (secondary N) is 2. The highest BCUT2D eigenvalue weighted by Crippen LogP contribution is 2.33. The van der Waals surface area contributed by atoms with Gasteiger partial charge in [0.15, 0.2) is 0 Å². The molecule has 1 fully saturated rings. The summed E-state index contributed by atoms with van der Waals surface area (Å²) in [6, 6.07) is 9.96. The topological polar surface area (TPSA) is 68.2 Å². The largest absolute Gasteiger partial charge is 0.374 e. The van der Waals surface area contributed by atoms with E-state index in [1.54, 1.807) is 6.20 Å². The van der Waals surface area contributed by atoms with Crippen molar-refractivity contribution < 1.29 is 9.53 Å². The Balaban J connectivity index is 1.44. The van der Waals surface area contributed by atoms with Crippen LogP contribution < -0.4 is 10.6 Å². The second-order valence-corrected chi connectivity index (χ2v) is 6.11. The summed E-state index contributed by atoms with van der Waals surface area (Å²) in [7, 11) is 0. The number of hydrogen-bond acceptors (Lipinski definition) is 3. The fourth-order valence-corrected chi connectivity index (χ4v) is 3.15. The summed E-state index contributed by atoms with van der Waals surface area (Å²) in [5.74, 6) is 0.747. The molecular formula is C17H20N4O2. The van der Waals surface area contributed by atoms with Gasteiger partial charge in [0.25, 0.3) is 0 Å².